The van der Waals surface area contributed by atoms with Crippen molar-refractivity contribution >= 4 is 33.9 Å². The van der Waals surface area contributed by atoms with E-state index in [0.29, 0.717) is 5.75 Å². The first-order valence-electron chi connectivity index (χ1n) is 8.27. The predicted octanol–water partition coefficient (Wildman–Crippen LogP) is 4.43. The Bertz CT molecular complexity index is 840. The zero-order valence-corrected chi connectivity index (χ0v) is 16.3. The standard InChI is InChI=1S/C19H21N3O2S2/c1-13-7-6-10-17(14(13)2)20-18-21-22-19(26-18)25-12-15(23)11-24-16-8-4-3-5-9-16/h3-10,15,23H,11-12H2,1-2H3,(H,20,21)/t15-/m0/s1. The minimum atomic E-state index is -0.570. The van der Waals surface area contributed by atoms with Gasteiger partial charge in [-0.05, 0) is 43.2 Å². The van der Waals surface area contributed by atoms with Crippen LogP contribution in [0.5, 0.6) is 5.75 Å². The fourth-order valence-corrected chi connectivity index (χ4v) is 3.94. The van der Waals surface area contributed by atoms with Crippen molar-refractivity contribution in [3.63, 3.8) is 0 Å². The quantitative estimate of drug-likeness (QED) is 0.557. The summed E-state index contributed by atoms with van der Waals surface area (Å²) in [7, 11) is 0. The third-order valence-electron chi connectivity index (χ3n) is 3.84. The first kappa shape index (κ1) is 18.7. The van der Waals surface area contributed by atoms with Crippen molar-refractivity contribution < 1.29 is 9.84 Å². The van der Waals surface area contributed by atoms with Crippen LogP contribution in [0.2, 0.25) is 0 Å². The summed E-state index contributed by atoms with van der Waals surface area (Å²) in [6.07, 6.45) is -0.570. The molecule has 0 spiro atoms. The van der Waals surface area contributed by atoms with E-state index in [1.165, 1.54) is 34.2 Å². The van der Waals surface area contributed by atoms with E-state index in [9.17, 15) is 5.11 Å². The number of thioether (sulfide) groups is 1. The predicted molar refractivity (Wildman–Crippen MR) is 108 cm³/mol. The van der Waals surface area contributed by atoms with E-state index in [2.05, 4.69) is 35.4 Å². The number of nitrogens with zero attached hydrogens (tertiary/aromatic N) is 2. The third-order valence-corrected chi connectivity index (χ3v) is 5.95. The van der Waals surface area contributed by atoms with E-state index >= 15 is 0 Å². The molecule has 0 aliphatic heterocycles. The summed E-state index contributed by atoms with van der Waals surface area (Å²) in [5.74, 6) is 1.26. The summed E-state index contributed by atoms with van der Waals surface area (Å²) < 4.78 is 6.37. The molecule has 26 heavy (non-hydrogen) atoms. The van der Waals surface area contributed by atoms with Gasteiger partial charge in [0.15, 0.2) is 4.34 Å². The van der Waals surface area contributed by atoms with Gasteiger partial charge in [0.05, 0.1) is 6.10 Å². The van der Waals surface area contributed by atoms with E-state index in [4.69, 9.17) is 4.74 Å². The molecule has 0 unspecified atom stereocenters. The Balaban J connectivity index is 1.48. The number of para-hydroxylation sites is 1. The minimum absolute atomic E-state index is 0.253. The van der Waals surface area contributed by atoms with Gasteiger partial charge in [0.1, 0.15) is 12.4 Å². The van der Waals surface area contributed by atoms with Gasteiger partial charge in [0.25, 0.3) is 0 Å². The van der Waals surface area contributed by atoms with Crippen molar-refractivity contribution in [3.8, 4) is 5.75 Å². The zero-order chi connectivity index (χ0) is 18.4. The van der Waals surface area contributed by atoms with E-state index in [-0.39, 0.29) is 6.61 Å². The second-order valence-corrected chi connectivity index (χ2v) is 8.08. The number of aryl methyl sites for hydroxylation is 1. The molecule has 0 amide bonds. The molecule has 0 bridgehead atoms. The SMILES string of the molecule is Cc1cccc(Nc2nnc(SC[C@@H](O)COc3ccccc3)s2)c1C. The average Bonchev–Trinajstić information content (AvgIpc) is 3.10. The van der Waals surface area contributed by atoms with Gasteiger partial charge in [-0.1, -0.05) is 53.4 Å². The summed E-state index contributed by atoms with van der Waals surface area (Å²) in [5, 5.41) is 22.5. The van der Waals surface area contributed by atoms with E-state index < -0.39 is 6.10 Å². The Morgan fingerprint density at radius 2 is 1.92 bits per heavy atom. The number of nitrogens with one attached hydrogen (secondary N) is 1. The van der Waals surface area contributed by atoms with Gasteiger partial charge < -0.3 is 15.2 Å². The number of anilines is 2. The van der Waals surface area contributed by atoms with Gasteiger partial charge in [-0.15, -0.1) is 10.2 Å². The van der Waals surface area contributed by atoms with E-state index in [1.54, 1.807) is 0 Å². The maximum absolute atomic E-state index is 10.1. The molecule has 3 aromatic rings. The fraction of sp³-hybridized carbons (Fsp3) is 0.263. The Labute approximate surface area is 161 Å². The highest BCUT2D eigenvalue weighted by atomic mass is 32.2. The van der Waals surface area contributed by atoms with Crippen LogP contribution in [-0.2, 0) is 0 Å². The summed E-state index contributed by atoms with van der Waals surface area (Å²) in [6, 6.07) is 15.6. The lowest BCUT2D eigenvalue weighted by molar-refractivity contribution is 0.126. The Kier molecular flexibility index (Phi) is 6.49. The van der Waals surface area contributed by atoms with E-state index in [0.717, 1.165) is 20.9 Å². The van der Waals surface area contributed by atoms with Crippen LogP contribution in [0.3, 0.4) is 0 Å². The molecule has 1 heterocycles. The number of aliphatic hydroxyl groups excluding tert-OH is 1. The lowest BCUT2D eigenvalue weighted by Gasteiger charge is -2.11. The highest BCUT2D eigenvalue weighted by Crippen LogP contribution is 2.29. The van der Waals surface area contributed by atoms with Crippen LogP contribution in [-0.4, -0.2) is 33.8 Å². The number of rotatable bonds is 8. The molecule has 2 N–H and O–H groups in total. The lowest BCUT2D eigenvalue weighted by Crippen LogP contribution is -2.19. The number of aliphatic hydroxyl groups is 1. The van der Waals surface area contributed by atoms with Gasteiger partial charge in [0, 0.05) is 11.4 Å². The van der Waals surface area contributed by atoms with Gasteiger partial charge in [0.2, 0.25) is 5.13 Å². The van der Waals surface area contributed by atoms with Crippen molar-refractivity contribution in [2.45, 2.75) is 24.3 Å². The summed E-state index contributed by atoms with van der Waals surface area (Å²) in [6.45, 7) is 4.42. The summed E-state index contributed by atoms with van der Waals surface area (Å²) in [4.78, 5) is 0. The molecule has 7 heteroatoms. The highest BCUT2D eigenvalue weighted by Gasteiger charge is 2.11. The molecule has 1 aromatic heterocycles. The van der Waals surface area contributed by atoms with Gasteiger partial charge in [-0.3, -0.25) is 0 Å². The summed E-state index contributed by atoms with van der Waals surface area (Å²) in [5.41, 5.74) is 3.47. The molecular weight excluding hydrogens is 366 g/mol. The van der Waals surface area contributed by atoms with Crippen molar-refractivity contribution in [1.82, 2.24) is 10.2 Å². The molecule has 0 saturated carbocycles. The second-order valence-electron chi connectivity index (χ2n) is 5.83. The van der Waals surface area contributed by atoms with Gasteiger partial charge in [-0.25, -0.2) is 0 Å². The van der Waals surface area contributed by atoms with Crippen LogP contribution in [0.15, 0.2) is 52.9 Å². The molecule has 0 aliphatic carbocycles. The largest absolute Gasteiger partial charge is 0.491 e. The number of aromatic nitrogens is 2. The van der Waals surface area contributed by atoms with Crippen molar-refractivity contribution in [1.29, 1.82) is 0 Å². The monoisotopic (exact) mass is 387 g/mol. The van der Waals surface area contributed by atoms with Crippen molar-refractivity contribution in [3.05, 3.63) is 59.7 Å². The Morgan fingerprint density at radius 1 is 1.12 bits per heavy atom. The zero-order valence-electron chi connectivity index (χ0n) is 14.7. The molecule has 5 nitrogen and oxygen atoms in total. The molecule has 0 saturated heterocycles. The maximum Gasteiger partial charge on any atom is 0.210 e. The van der Waals surface area contributed by atoms with Crippen LogP contribution >= 0.6 is 23.1 Å². The number of benzene rings is 2. The van der Waals surface area contributed by atoms with Crippen LogP contribution < -0.4 is 10.1 Å². The lowest BCUT2D eigenvalue weighted by atomic mass is 10.1. The Morgan fingerprint density at radius 3 is 2.73 bits per heavy atom. The second kappa shape index (κ2) is 9.02. The van der Waals surface area contributed by atoms with Crippen LogP contribution in [0.1, 0.15) is 11.1 Å². The maximum atomic E-state index is 10.1. The van der Waals surface area contributed by atoms with Crippen molar-refractivity contribution in [2.24, 2.45) is 0 Å². The molecule has 0 aliphatic rings. The molecule has 1 atom stereocenters. The molecule has 0 radical (unpaired) electrons. The number of ether oxygens (including phenoxy) is 1. The molecule has 2 aromatic carbocycles. The molecular formula is C19H21N3O2S2. The smallest absolute Gasteiger partial charge is 0.210 e. The highest BCUT2D eigenvalue weighted by molar-refractivity contribution is 8.01. The van der Waals surface area contributed by atoms with Gasteiger partial charge >= 0.3 is 0 Å². The average molecular weight is 388 g/mol. The summed E-state index contributed by atoms with van der Waals surface area (Å²) >= 11 is 2.95. The van der Waals surface area contributed by atoms with Crippen LogP contribution in [0.25, 0.3) is 0 Å². The topological polar surface area (TPSA) is 67.3 Å². The van der Waals surface area contributed by atoms with Crippen LogP contribution in [0, 0.1) is 13.8 Å². The van der Waals surface area contributed by atoms with Gasteiger partial charge in [-0.2, -0.15) is 0 Å². The van der Waals surface area contributed by atoms with E-state index in [1.807, 2.05) is 42.5 Å². The molecule has 0 fully saturated rings. The molecule has 136 valence electrons. The van der Waals surface area contributed by atoms with Crippen LogP contribution in [0.4, 0.5) is 10.8 Å². The van der Waals surface area contributed by atoms with Crippen molar-refractivity contribution in [2.75, 3.05) is 17.7 Å². The first-order valence-corrected chi connectivity index (χ1v) is 10.1. The fourth-order valence-electron chi connectivity index (χ4n) is 2.25. The number of hydrogen-bond donors (Lipinski definition) is 2. The third kappa shape index (κ3) is 5.20. The normalized spacial score (nSPS) is 12.0. The first-order chi connectivity index (χ1) is 12.6. The Hall–Kier alpha value is -2.09. The number of hydrogen-bond acceptors (Lipinski definition) is 7. The minimum Gasteiger partial charge on any atom is -0.491 e. The molecule has 3 rings (SSSR count).